The number of thiazole rings is 1. The summed E-state index contributed by atoms with van der Waals surface area (Å²) in [4.78, 5) is 15.4. The number of carbonyl (C=O) groups is 1. The van der Waals surface area contributed by atoms with E-state index < -0.39 is 36.8 Å². The lowest BCUT2D eigenvalue weighted by Gasteiger charge is -2.44. The van der Waals surface area contributed by atoms with Crippen LogP contribution in [0, 0.1) is 0 Å². The Labute approximate surface area is 139 Å². The molecule has 0 bridgehead atoms. The first-order valence-corrected chi connectivity index (χ1v) is 8.32. The topological polar surface area (TPSA) is 150 Å². The monoisotopic (exact) mass is 367 g/mol. The lowest BCUT2D eigenvalue weighted by molar-refractivity contribution is -0.338. The van der Waals surface area contributed by atoms with Gasteiger partial charge in [0.25, 0.3) is 5.19 Å². The van der Waals surface area contributed by atoms with Crippen molar-refractivity contribution in [1.29, 1.82) is 0 Å². The van der Waals surface area contributed by atoms with Gasteiger partial charge in [0.05, 0.1) is 35.5 Å². The van der Waals surface area contributed by atoms with E-state index in [-0.39, 0.29) is 16.7 Å². The van der Waals surface area contributed by atoms with Crippen molar-refractivity contribution in [3.05, 3.63) is 11.1 Å². The van der Waals surface area contributed by atoms with Gasteiger partial charge in [0.2, 0.25) is 5.79 Å². The molecule has 2 rings (SSSR count). The summed E-state index contributed by atoms with van der Waals surface area (Å²) in [5, 5.41) is 48.7. The predicted octanol–water partition coefficient (Wildman–Crippen LogP) is -1.46. The molecule has 1 aliphatic rings. The summed E-state index contributed by atoms with van der Waals surface area (Å²) in [5.74, 6) is -2.71. The van der Waals surface area contributed by atoms with E-state index in [0.717, 1.165) is 11.3 Å². The second kappa shape index (κ2) is 7.40. The van der Waals surface area contributed by atoms with E-state index in [1.54, 1.807) is 0 Å². The molecule has 5 N–H and O–H groups in total. The van der Waals surface area contributed by atoms with Crippen molar-refractivity contribution >= 4 is 29.2 Å². The fourth-order valence-electron chi connectivity index (χ4n) is 1.96. The molecule has 0 aliphatic carbocycles. The van der Waals surface area contributed by atoms with Gasteiger partial charge >= 0.3 is 0 Å². The van der Waals surface area contributed by atoms with Gasteiger partial charge in [-0.15, -0.1) is 0 Å². The molecule has 1 aromatic rings. The van der Waals surface area contributed by atoms with E-state index in [0.29, 0.717) is 16.9 Å². The average molecular weight is 367 g/mol. The van der Waals surface area contributed by atoms with E-state index >= 15 is 0 Å². The molecule has 5 atom stereocenters. The lowest BCUT2D eigenvalue weighted by Crippen LogP contribution is -2.66. The Balaban J connectivity index is 1.95. The van der Waals surface area contributed by atoms with Gasteiger partial charge in [-0.1, -0.05) is 11.3 Å². The highest BCUT2D eigenvalue weighted by atomic mass is 32.2. The lowest BCUT2D eigenvalue weighted by atomic mass is 9.93. The predicted molar refractivity (Wildman–Crippen MR) is 80.1 cm³/mol. The number of ketones is 1. The molecule has 1 aromatic heterocycles. The minimum Gasteiger partial charge on any atom is -0.396 e. The Morgan fingerprint density at radius 1 is 1.48 bits per heavy atom. The van der Waals surface area contributed by atoms with Crippen molar-refractivity contribution in [3.8, 4) is 5.19 Å². The number of ether oxygens (including phenoxy) is 1. The van der Waals surface area contributed by atoms with E-state index in [1.165, 1.54) is 13.1 Å². The quantitative estimate of drug-likeness (QED) is 0.298. The van der Waals surface area contributed by atoms with Gasteiger partial charge in [0, 0.05) is 6.92 Å². The molecule has 23 heavy (non-hydrogen) atoms. The third-order valence-corrected chi connectivity index (χ3v) is 5.17. The molecule has 1 aliphatic heterocycles. The Morgan fingerprint density at radius 2 is 2.17 bits per heavy atom. The summed E-state index contributed by atoms with van der Waals surface area (Å²) in [6.07, 6.45) is -4.90. The molecule has 130 valence electrons. The zero-order valence-electron chi connectivity index (χ0n) is 12.0. The molecule has 1 fully saturated rings. The van der Waals surface area contributed by atoms with Crippen molar-refractivity contribution in [2.24, 2.45) is 0 Å². The Morgan fingerprint density at radius 3 is 2.74 bits per heavy atom. The van der Waals surface area contributed by atoms with Crippen LogP contribution >= 0.6 is 23.4 Å². The molecule has 0 spiro atoms. The molecule has 2 heterocycles. The largest absolute Gasteiger partial charge is 0.396 e. The zero-order valence-corrected chi connectivity index (χ0v) is 13.7. The van der Waals surface area contributed by atoms with Gasteiger partial charge in [-0.25, -0.2) is 4.98 Å². The molecule has 1 saturated heterocycles. The number of aliphatic hydroxyl groups excluding tert-OH is 4. The Hall–Kier alpha value is -0.790. The first-order valence-electron chi connectivity index (χ1n) is 6.60. The normalized spacial score (nSPS) is 34.3. The second-order valence-electron chi connectivity index (χ2n) is 5.00. The molecule has 9 nitrogen and oxygen atoms in total. The molecule has 0 radical (unpaired) electrons. The van der Waals surface area contributed by atoms with Gasteiger partial charge in [-0.2, -0.15) is 0 Å². The second-order valence-corrected chi connectivity index (χ2v) is 6.69. The van der Waals surface area contributed by atoms with Crippen molar-refractivity contribution < 1.29 is 39.2 Å². The summed E-state index contributed by atoms with van der Waals surface area (Å²) in [6.45, 7) is 0.744. The van der Waals surface area contributed by atoms with Gasteiger partial charge in [-0.3, -0.25) is 4.79 Å². The van der Waals surface area contributed by atoms with Crippen LogP contribution in [0.4, 0.5) is 0 Å². The minimum atomic E-state index is -2.22. The maximum Gasteiger partial charge on any atom is 0.286 e. The van der Waals surface area contributed by atoms with Gasteiger partial charge in [-0.05, 0) is 0 Å². The molecule has 0 unspecified atom stereocenters. The summed E-state index contributed by atoms with van der Waals surface area (Å²) in [7, 11) is 0. The van der Waals surface area contributed by atoms with Crippen molar-refractivity contribution in [1.82, 2.24) is 4.98 Å². The number of aromatic nitrogens is 1. The molecule has 11 heteroatoms. The number of carbonyl (C=O) groups excluding carboxylic acids is 1. The van der Waals surface area contributed by atoms with Crippen LogP contribution in [-0.2, 0) is 4.74 Å². The highest BCUT2D eigenvalue weighted by Crippen LogP contribution is 2.32. The summed E-state index contributed by atoms with van der Waals surface area (Å²) in [5.41, 5.74) is 0. The van der Waals surface area contributed by atoms with E-state index in [2.05, 4.69) is 4.98 Å². The van der Waals surface area contributed by atoms with Crippen LogP contribution in [0.15, 0.2) is 6.20 Å². The van der Waals surface area contributed by atoms with Gasteiger partial charge in [0.15, 0.2) is 5.78 Å². The summed E-state index contributed by atoms with van der Waals surface area (Å²) in [6, 6.07) is 0. The number of aliphatic hydroxyl groups is 5. The molecule has 0 aromatic carbocycles. The van der Waals surface area contributed by atoms with E-state index in [1.807, 2.05) is 0 Å². The number of rotatable bonds is 6. The van der Waals surface area contributed by atoms with Gasteiger partial charge in [0.1, 0.15) is 24.4 Å². The maximum atomic E-state index is 11.1. The first kappa shape index (κ1) is 18.5. The number of hydrogen-bond acceptors (Lipinski definition) is 11. The van der Waals surface area contributed by atoms with Crippen LogP contribution in [0.2, 0.25) is 0 Å². The average Bonchev–Trinajstić information content (AvgIpc) is 2.98. The molecular weight excluding hydrogens is 350 g/mol. The smallest absolute Gasteiger partial charge is 0.286 e. The van der Waals surface area contributed by atoms with Crippen LogP contribution in [0.25, 0.3) is 0 Å². The standard InChI is InChI=1S/C12H17NO8S2/c1-5(15)7-2-13-11(23-7)21-22-4-12(19)10(18)9(17)8(16)6(3-14)20-12/h2,6,8-10,14,16-19H,3-4H2,1H3/t6-,8-,9+,10+,12-/m1/s1. The zero-order chi connectivity index (χ0) is 17.2. The van der Waals surface area contributed by atoms with Crippen LogP contribution in [0.3, 0.4) is 0 Å². The Kier molecular flexibility index (Phi) is 5.97. The maximum absolute atomic E-state index is 11.1. The summed E-state index contributed by atoms with van der Waals surface area (Å²) < 4.78 is 10.3. The van der Waals surface area contributed by atoms with Gasteiger partial charge < -0.3 is 34.5 Å². The first-order chi connectivity index (χ1) is 10.8. The van der Waals surface area contributed by atoms with Crippen LogP contribution in [0.1, 0.15) is 16.6 Å². The fourth-order valence-corrected chi connectivity index (χ4v) is 3.40. The molecular formula is C12H17NO8S2. The van der Waals surface area contributed by atoms with E-state index in [4.69, 9.17) is 14.0 Å². The minimum absolute atomic E-state index is 0.157. The Bertz CT molecular complexity index is 553. The van der Waals surface area contributed by atoms with Crippen LogP contribution < -0.4 is 4.18 Å². The van der Waals surface area contributed by atoms with Crippen LogP contribution in [0.5, 0.6) is 5.19 Å². The van der Waals surface area contributed by atoms with Crippen LogP contribution in [-0.4, -0.2) is 78.9 Å². The van der Waals surface area contributed by atoms with Crippen molar-refractivity contribution in [2.75, 3.05) is 12.4 Å². The molecule has 0 amide bonds. The third-order valence-electron chi connectivity index (χ3n) is 3.28. The fraction of sp³-hybridized carbons (Fsp3) is 0.667. The highest BCUT2D eigenvalue weighted by molar-refractivity contribution is 7.95. The van der Waals surface area contributed by atoms with Crippen molar-refractivity contribution in [3.63, 3.8) is 0 Å². The summed E-state index contributed by atoms with van der Waals surface area (Å²) >= 11 is 1.70. The third kappa shape index (κ3) is 4.00. The number of Topliss-reactive ketones (excluding diaryl/α,β-unsaturated/α-hetero) is 1. The highest BCUT2D eigenvalue weighted by Gasteiger charge is 2.52. The number of hydrogen-bond donors (Lipinski definition) is 5. The van der Waals surface area contributed by atoms with E-state index in [9.17, 15) is 25.2 Å². The SMILES string of the molecule is CC(=O)c1cnc(OSC[C@@]2(O)O[C@H](CO)[C@@H](O)[C@H](O)[C@@H]2O)s1. The number of nitrogens with zero attached hydrogens (tertiary/aromatic N) is 1. The molecule has 0 saturated carbocycles. The van der Waals surface area contributed by atoms with Crippen molar-refractivity contribution in [2.45, 2.75) is 37.1 Å².